The first-order valence-electron chi connectivity index (χ1n) is 6.31. The molecule has 2 N–H and O–H groups in total. The van der Waals surface area contributed by atoms with Gasteiger partial charge in [0.25, 0.3) is 0 Å². The van der Waals surface area contributed by atoms with Crippen molar-refractivity contribution in [2.45, 2.75) is 27.3 Å². The maximum Gasteiger partial charge on any atom is 0.364 e. The maximum absolute atomic E-state index is 11.9. The van der Waals surface area contributed by atoms with Crippen molar-refractivity contribution in [3.05, 3.63) is 46.1 Å². The molecule has 0 spiro atoms. The molecule has 0 bridgehead atoms. The van der Waals surface area contributed by atoms with E-state index >= 15 is 0 Å². The van der Waals surface area contributed by atoms with Gasteiger partial charge in [-0.15, -0.1) is 0 Å². The van der Waals surface area contributed by atoms with E-state index in [0.717, 1.165) is 21.5 Å². The molecule has 2 aromatic rings. The van der Waals surface area contributed by atoms with E-state index in [-0.39, 0.29) is 5.69 Å². The molecule has 0 saturated heterocycles. The highest BCUT2D eigenvalue weighted by Crippen LogP contribution is 2.18. The molecule has 0 aliphatic heterocycles. The number of anilines is 1. The zero-order valence-electron chi connectivity index (χ0n) is 11.7. The SMILES string of the molecule is CCn1ncn(NC(=O)Nc2c(C)cccc2C)c1=O. The predicted molar refractivity (Wildman–Crippen MR) is 76.5 cm³/mol. The molecule has 0 aliphatic carbocycles. The van der Waals surface area contributed by atoms with Crippen molar-refractivity contribution in [1.82, 2.24) is 14.5 Å². The number of aryl methyl sites for hydroxylation is 3. The molecule has 0 fully saturated rings. The van der Waals surface area contributed by atoms with Gasteiger partial charge >= 0.3 is 11.7 Å². The Bertz CT molecular complexity index is 666. The highest BCUT2D eigenvalue weighted by molar-refractivity contribution is 5.96. The highest BCUT2D eigenvalue weighted by atomic mass is 16.2. The molecule has 7 heteroatoms. The molecule has 7 nitrogen and oxygen atoms in total. The van der Waals surface area contributed by atoms with Gasteiger partial charge in [-0.05, 0) is 31.9 Å². The molecule has 0 saturated carbocycles. The van der Waals surface area contributed by atoms with Crippen LogP contribution in [0.5, 0.6) is 0 Å². The molecule has 2 rings (SSSR count). The zero-order valence-corrected chi connectivity index (χ0v) is 11.7. The molecule has 20 heavy (non-hydrogen) atoms. The minimum Gasteiger partial charge on any atom is -0.306 e. The Morgan fingerprint density at radius 3 is 2.50 bits per heavy atom. The Labute approximate surface area is 116 Å². The number of urea groups is 1. The third-order valence-electron chi connectivity index (χ3n) is 2.97. The summed E-state index contributed by atoms with van der Waals surface area (Å²) in [4.78, 5) is 23.7. The first-order valence-corrected chi connectivity index (χ1v) is 6.31. The molecule has 1 aromatic carbocycles. The van der Waals surface area contributed by atoms with Crippen molar-refractivity contribution in [1.29, 1.82) is 0 Å². The fourth-order valence-corrected chi connectivity index (χ4v) is 1.89. The molecule has 0 aliphatic rings. The molecule has 0 unspecified atom stereocenters. The molecular weight excluding hydrogens is 258 g/mol. The lowest BCUT2D eigenvalue weighted by Gasteiger charge is -2.11. The summed E-state index contributed by atoms with van der Waals surface area (Å²) in [6.07, 6.45) is 1.27. The number of aromatic nitrogens is 3. The van der Waals surface area contributed by atoms with Gasteiger partial charge in [-0.2, -0.15) is 9.77 Å². The number of para-hydroxylation sites is 1. The minimum atomic E-state index is -0.486. The Kier molecular flexibility index (Phi) is 3.88. The summed E-state index contributed by atoms with van der Waals surface area (Å²) in [7, 11) is 0. The third-order valence-corrected chi connectivity index (χ3v) is 2.97. The number of carbonyl (C=O) groups excluding carboxylic acids is 1. The monoisotopic (exact) mass is 275 g/mol. The van der Waals surface area contributed by atoms with Gasteiger partial charge in [0.05, 0.1) is 0 Å². The second-order valence-electron chi connectivity index (χ2n) is 4.43. The normalized spacial score (nSPS) is 10.3. The molecule has 0 atom stereocenters. The fraction of sp³-hybridized carbons (Fsp3) is 0.308. The smallest absolute Gasteiger partial charge is 0.306 e. The summed E-state index contributed by atoms with van der Waals surface area (Å²) in [5.74, 6) is 0. The van der Waals surface area contributed by atoms with Crippen molar-refractivity contribution in [2.75, 3.05) is 10.7 Å². The average molecular weight is 275 g/mol. The molecule has 1 aromatic heterocycles. The van der Waals surface area contributed by atoms with E-state index in [1.165, 1.54) is 11.0 Å². The lowest BCUT2D eigenvalue weighted by molar-refractivity contribution is 0.259. The van der Waals surface area contributed by atoms with E-state index in [9.17, 15) is 9.59 Å². The molecule has 1 heterocycles. The van der Waals surface area contributed by atoms with Gasteiger partial charge in [-0.1, -0.05) is 18.2 Å². The van der Waals surface area contributed by atoms with E-state index in [4.69, 9.17) is 0 Å². The van der Waals surface area contributed by atoms with Crippen LogP contribution < -0.4 is 16.4 Å². The third kappa shape index (κ3) is 2.71. The molecule has 106 valence electrons. The lowest BCUT2D eigenvalue weighted by Crippen LogP contribution is -2.36. The Morgan fingerprint density at radius 2 is 1.95 bits per heavy atom. The van der Waals surface area contributed by atoms with Crippen molar-refractivity contribution in [2.24, 2.45) is 0 Å². The van der Waals surface area contributed by atoms with Crippen LogP contribution >= 0.6 is 0 Å². The van der Waals surface area contributed by atoms with Crippen molar-refractivity contribution in [3.63, 3.8) is 0 Å². The number of hydrogen-bond acceptors (Lipinski definition) is 3. The fourth-order valence-electron chi connectivity index (χ4n) is 1.89. The van der Waals surface area contributed by atoms with Crippen LogP contribution in [0.2, 0.25) is 0 Å². The predicted octanol–water partition coefficient (Wildman–Crippen LogP) is 1.46. The largest absolute Gasteiger partial charge is 0.364 e. The maximum atomic E-state index is 11.9. The first kappa shape index (κ1) is 13.9. The Balaban J connectivity index is 2.13. The summed E-state index contributed by atoms with van der Waals surface area (Å²) >= 11 is 0. The number of nitrogens with zero attached hydrogens (tertiary/aromatic N) is 3. The molecule has 2 amide bonds. The quantitative estimate of drug-likeness (QED) is 0.889. The summed E-state index contributed by atoms with van der Waals surface area (Å²) in [5, 5.41) is 6.59. The summed E-state index contributed by atoms with van der Waals surface area (Å²) < 4.78 is 2.30. The van der Waals surface area contributed by atoms with Gasteiger partial charge in [0.2, 0.25) is 0 Å². The first-order chi connectivity index (χ1) is 9.52. The van der Waals surface area contributed by atoms with Crippen LogP contribution in [0.25, 0.3) is 0 Å². The van der Waals surface area contributed by atoms with Gasteiger partial charge < -0.3 is 5.32 Å². The number of nitrogens with one attached hydrogen (secondary N) is 2. The second-order valence-corrected chi connectivity index (χ2v) is 4.43. The van der Waals surface area contributed by atoms with Crippen LogP contribution in [0.1, 0.15) is 18.1 Å². The van der Waals surface area contributed by atoms with Crippen LogP contribution in [0.4, 0.5) is 10.5 Å². The van der Waals surface area contributed by atoms with Crippen LogP contribution in [0, 0.1) is 13.8 Å². The van der Waals surface area contributed by atoms with E-state index in [0.29, 0.717) is 6.54 Å². The number of benzene rings is 1. The number of carbonyl (C=O) groups is 1. The van der Waals surface area contributed by atoms with Crippen LogP contribution in [-0.4, -0.2) is 20.5 Å². The van der Waals surface area contributed by atoms with Gasteiger partial charge in [-0.25, -0.2) is 19.7 Å². The van der Waals surface area contributed by atoms with E-state index in [2.05, 4.69) is 15.8 Å². The van der Waals surface area contributed by atoms with Gasteiger partial charge in [0, 0.05) is 12.2 Å². The van der Waals surface area contributed by atoms with Crippen molar-refractivity contribution >= 4 is 11.7 Å². The summed E-state index contributed by atoms with van der Waals surface area (Å²) in [6.45, 7) is 6.06. The van der Waals surface area contributed by atoms with Crippen LogP contribution in [0.15, 0.2) is 29.3 Å². The summed E-state index contributed by atoms with van der Waals surface area (Å²) in [6, 6.07) is 5.25. The van der Waals surface area contributed by atoms with Crippen molar-refractivity contribution < 1.29 is 4.79 Å². The number of amides is 2. The molecular formula is C13H17N5O2. The standard InChI is InChI=1S/C13H17N5O2/c1-4-17-13(20)18(8-14-17)16-12(19)15-11-9(2)6-5-7-10(11)3/h5-8H,4H2,1-3H3,(H2,15,16,19). The second kappa shape index (κ2) is 5.60. The van der Waals surface area contributed by atoms with Crippen LogP contribution in [0.3, 0.4) is 0 Å². The molecule has 0 radical (unpaired) electrons. The van der Waals surface area contributed by atoms with E-state index < -0.39 is 6.03 Å². The summed E-state index contributed by atoms with van der Waals surface area (Å²) in [5.41, 5.74) is 4.70. The number of rotatable bonds is 3. The van der Waals surface area contributed by atoms with E-state index in [1.807, 2.05) is 32.0 Å². The topological polar surface area (TPSA) is 81.0 Å². The van der Waals surface area contributed by atoms with Crippen LogP contribution in [-0.2, 0) is 6.54 Å². The Hall–Kier alpha value is -2.57. The van der Waals surface area contributed by atoms with Gasteiger partial charge in [0.1, 0.15) is 6.33 Å². The lowest BCUT2D eigenvalue weighted by atomic mass is 10.1. The van der Waals surface area contributed by atoms with Gasteiger partial charge in [0.15, 0.2) is 0 Å². The van der Waals surface area contributed by atoms with Crippen molar-refractivity contribution in [3.8, 4) is 0 Å². The minimum absolute atomic E-state index is 0.385. The number of hydrogen-bond donors (Lipinski definition) is 2. The zero-order chi connectivity index (χ0) is 14.7. The van der Waals surface area contributed by atoms with E-state index in [1.54, 1.807) is 6.92 Å². The Morgan fingerprint density at radius 1 is 1.30 bits per heavy atom. The van der Waals surface area contributed by atoms with Gasteiger partial charge in [-0.3, -0.25) is 0 Å². The highest BCUT2D eigenvalue weighted by Gasteiger charge is 2.09. The average Bonchev–Trinajstić information content (AvgIpc) is 2.75.